The van der Waals surface area contributed by atoms with Gasteiger partial charge in [0.25, 0.3) is 0 Å². The van der Waals surface area contributed by atoms with E-state index in [1.807, 2.05) is 10.9 Å². The molecule has 1 unspecified atom stereocenters. The van der Waals surface area contributed by atoms with E-state index in [-0.39, 0.29) is 6.04 Å². The second-order valence-corrected chi connectivity index (χ2v) is 4.78. The Morgan fingerprint density at radius 2 is 2.27 bits per heavy atom. The van der Waals surface area contributed by atoms with Crippen molar-refractivity contribution in [2.24, 2.45) is 5.84 Å². The Balaban J connectivity index is 3.03. The molecular weight excluding hydrogens is 256 g/mol. The summed E-state index contributed by atoms with van der Waals surface area (Å²) in [6.07, 6.45) is 3.92. The topological polar surface area (TPSA) is 55.9 Å². The van der Waals surface area contributed by atoms with Crippen LogP contribution in [0.2, 0.25) is 0 Å². The van der Waals surface area contributed by atoms with Crippen LogP contribution < -0.4 is 11.3 Å². The normalized spacial score (nSPS) is 13.5. The minimum atomic E-state index is 0.161. The molecular formula is C10H19BrN4. The Hall–Kier alpha value is -0.390. The van der Waals surface area contributed by atoms with Gasteiger partial charge in [-0.05, 0) is 36.2 Å². The average Bonchev–Trinajstić information content (AvgIpc) is 2.57. The standard InChI is InChI=1S/C10H19BrN4/c1-4-5-9(14-12)10-8(11)6-13-15(10)7(2)3/h6-7,9,14H,4-5,12H2,1-3H3. The number of aromatic nitrogens is 2. The summed E-state index contributed by atoms with van der Waals surface area (Å²) in [5, 5.41) is 4.34. The third-order valence-corrected chi connectivity index (χ3v) is 3.00. The predicted molar refractivity (Wildman–Crippen MR) is 65.3 cm³/mol. The van der Waals surface area contributed by atoms with Crippen molar-refractivity contribution >= 4 is 15.9 Å². The Morgan fingerprint density at radius 3 is 2.73 bits per heavy atom. The number of halogens is 1. The van der Waals surface area contributed by atoms with E-state index in [1.165, 1.54) is 0 Å². The molecule has 0 spiro atoms. The summed E-state index contributed by atoms with van der Waals surface area (Å²) in [7, 11) is 0. The van der Waals surface area contributed by atoms with E-state index in [0.29, 0.717) is 6.04 Å². The van der Waals surface area contributed by atoms with Crippen LogP contribution >= 0.6 is 15.9 Å². The molecule has 15 heavy (non-hydrogen) atoms. The second kappa shape index (κ2) is 5.63. The molecule has 1 aromatic rings. The minimum absolute atomic E-state index is 0.161. The van der Waals surface area contributed by atoms with Gasteiger partial charge in [0.15, 0.2) is 0 Å². The number of rotatable bonds is 5. The summed E-state index contributed by atoms with van der Waals surface area (Å²) >= 11 is 3.52. The Bertz CT molecular complexity index is 308. The van der Waals surface area contributed by atoms with Crippen LogP contribution in [0.5, 0.6) is 0 Å². The van der Waals surface area contributed by atoms with Gasteiger partial charge in [0.2, 0.25) is 0 Å². The van der Waals surface area contributed by atoms with Gasteiger partial charge in [-0.15, -0.1) is 0 Å². The fourth-order valence-electron chi connectivity index (χ4n) is 1.68. The molecule has 0 radical (unpaired) electrons. The van der Waals surface area contributed by atoms with Crippen LogP contribution in [0, 0.1) is 0 Å². The molecule has 86 valence electrons. The molecule has 4 nitrogen and oxygen atoms in total. The summed E-state index contributed by atoms with van der Waals surface area (Å²) in [5.74, 6) is 5.58. The van der Waals surface area contributed by atoms with Crippen molar-refractivity contribution in [3.63, 3.8) is 0 Å². The van der Waals surface area contributed by atoms with E-state index < -0.39 is 0 Å². The van der Waals surface area contributed by atoms with E-state index in [9.17, 15) is 0 Å². The third-order valence-electron chi connectivity index (χ3n) is 2.38. The molecule has 0 bridgehead atoms. The van der Waals surface area contributed by atoms with Crippen LogP contribution in [0.25, 0.3) is 0 Å². The van der Waals surface area contributed by atoms with Gasteiger partial charge < -0.3 is 0 Å². The predicted octanol–water partition coefficient (Wildman–Crippen LogP) is 2.53. The lowest BCUT2D eigenvalue weighted by molar-refractivity contribution is 0.429. The maximum absolute atomic E-state index is 5.58. The fourth-order valence-corrected chi connectivity index (χ4v) is 2.23. The molecule has 1 heterocycles. The summed E-state index contributed by atoms with van der Waals surface area (Å²) in [6.45, 7) is 6.37. The van der Waals surface area contributed by atoms with Gasteiger partial charge in [0, 0.05) is 6.04 Å². The fraction of sp³-hybridized carbons (Fsp3) is 0.700. The van der Waals surface area contributed by atoms with E-state index in [4.69, 9.17) is 5.84 Å². The molecule has 3 N–H and O–H groups in total. The zero-order chi connectivity index (χ0) is 11.4. The minimum Gasteiger partial charge on any atom is -0.271 e. The summed E-state index contributed by atoms with van der Waals surface area (Å²) in [5.41, 5.74) is 3.98. The molecule has 1 rings (SSSR count). The van der Waals surface area contributed by atoms with Gasteiger partial charge in [-0.25, -0.2) is 0 Å². The first-order valence-electron chi connectivity index (χ1n) is 5.30. The van der Waals surface area contributed by atoms with Crippen LogP contribution in [-0.4, -0.2) is 9.78 Å². The van der Waals surface area contributed by atoms with Gasteiger partial charge in [0.1, 0.15) is 0 Å². The van der Waals surface area contributed by atoms with Crippen molar-refractivity contribution < 1.29 is 0 Å². The molecule has 0 fully saturated rings. The second-order valence-electron chi connectivity index (χ2n) is 3.92. The van der Waals surface area contributed by atoms with Crippen LogP contribution in [-0.2, 0) is 0 Å². The summed E-state index contributed by atoms with van der Waals surface area (Å²) < 4.78 is 3.03. The molecule has 0 amide bonds. The highest BCUT2D eigenvalue weighted by Crippen LogP contribution is 2.27. The highest BCUT2D eigenvalue weighted by atomic mass is 79.9. The van der Waals surface area contributed by atoms with Crippen LogP contribution in [0.3, 0.4) is 0 Å². The molecule has 0 aromatic carbocycles. The molecule has 0 aliphatic carbocycles. The highest BCUT2D eigenvalue weighted by Gasteiger charge is 2.19. The number of hydrogen-bond acceptors (Lipinski definition) is 3. The van der Waals surface area contributed by atoms with E-state index >= 15 is 0 Å². The lowest BCUT2D eigenvalue weighted by Gasteiger charge is -2.19. The monoisotopic (exact) mass is 274 g/mol. The van der Waals surface area contributed by atoms with Crippen molar-refractivity contribution in [1.82, 2.24) is 15.2 Å². The van der Waals surface area contributed by atoms with Gasteiger partial charge in [-0.2, -0.15) is 5.10 Å². The molecule has 0 saturated heterocycles. The largest absolute Gasteiger partial charge is 0.271 e. The molecule has 1 atom stereocenters. The van der Waals surface area contributed by atoms with Crippen LogP contribution in [0.15, 0.2) is 10.7 Å². The zero-order valence-electron chi connectivity index (χ0n) is 9.50. The average molecular weight is 275 g/mol. The van der Waals surface area contributed by atoms with Crippen molar-refractivity contribution in [2.75, 3.05) is 0 Å². The molecule has 1 aromatic heterocycles. The Morgan fingerprint density at radius 1 is 1.60 bits per heavy atom. The number of nitrogens with two attached hydrogens (primary N) is 1. The van der Waals surface area contributed by atoms with Gasteiger partial charge in [0.05, 0.1) is 22.4 Å². The van der Waals surface area contributed by atoms with E-state index in [2.05, 4.69) is 47.2 Å². The van der Waals surface area contributed by atoms with E-state index in [1.54, 1.807) is 0 Å². The van der Waals surface area contributed by atoms with Crippen LogP contribution in [0.4, 0.5) is 0 Å². The first-order valence-corrected chi connectivity index (χ1v) is 6.10. The van der Waals surface area contributed by atoms with Gasteiger partial charge in [-0.1, -0.05) is 13.3 Å². The summed E-state index contributed by atoms with van der Waals surface area (Å²) in [4.78, 5) is 0. The smallest absolute Gasteiger partial charge is 0.0712 e. The Labute approximate surface area is 99.3 Å². The molecule has 0 aliphatic heterocycles. The molecule has 5 heteroatoms. The van der Waals surface area contributed by atoms with Crippen molar-refractivity contribution in [2.45, 2.75) is 45.7 Å². The number of hydrazine groups is 1. The number of nitrogens with zero attached hydrogens (tertiary/aromatic N) is 2. The van der Waals surface area contributed by atoms with Crippen molar-refractivity contribution in [1.29, 1.82) is 0 Å². The summed E-state index contributed by atoms with van der Waals surface area (Å²) in [6, 6.07) is 0.508. The van der Waals surface area contributed by atoms with Gasteiger partial charge in [-0.3, -0.25) is 16.0 Å². The van der Waals surface area contributed by atoms with Gasteiger partial charge >= 0.3 is 0 Å². The van der Waals surface area contributed by atoms with E-state index in [0.717, 1.165) is 23.0 Å². The SMILES string of the molecule is CCCC(NN)c1c(Br)cnn1C(C)C. The maximum atomic E-state index is 5.58. The highest BCUT2D eigenvalue weighted by molar-refractivity contribution is 9.10. The van der Waals surface area contributed by atoms with Crippen molar-refractivity contribution in [3.05, 3.63) is 16.4 Å². The zero-order valence-corrected chi connectivity index (χ0v) is 11.1. The lowest BCUT2D eigenvalue weighted by Crippen LogP contribution is -2.30. The molecule has 0 aliphatic rings. The van der Waals surface area contributed by atoms with Crippen molar-refractivity contribution in [3.8, 4) is 0 Å². The van der Waals surface area contributed by atoms with Crippen LogP contribution in [0.1, 0.15) is 51.4 Å². The number of nitrogens with one attached hydrogen (secondary N) is 1. The first kappa shape index (κ1) is 12.7. The molecule has 0 saturated carbocycles. The Kier molecular flexibility index (Phi) is 4.76. The lowest BCUT2D eigenvalue weighted by atomic mass is 10.1. The first-order chi connectivity index (χ1) is 7.11. The number of hydrogen-bond donors (Lipinski definition) is 2. The quantitative estimate of drug-likeness (QED) is 0.641. The third kappa shape index (κ3) is 2.80. The maximum Gasteiger partial charge on any atom is 0.0712 e.